The third-order valence-corrected chi connectivity index (χ3v) is 7.25. The number of nitro benzene ring substituents is 1. The molecule has 11 heteroatoms. The Labute approximate surface area is 197 Å². The van der Waals surface area contributed by atoms with Crippen molar-refractivity contribution in [2.24, 2.45) is 0 Å². The van der Waals surface area contributed by atoms with Crippen molar-refractivity contribution in [1.82, 2.24) is 0 Å². The minimum absolute atomic E-state index is 0.00307. The molecule has 0 spiro atoms. The Morgan fingerprint density at radius 2 is 1.68 bits per heavy atom. The van der Waals surface area contributed by atoms with Crippen LogP contribution in [-0.4, -0.2) is 57.6 Å². The molecule has 0 bridgehead atoms. The fourth-order valence-corrected chi connectivity index (χ4v) is 5.40. The molecule has 1 fully saturated rings. The molecule has 0 amide bonds. The lowest BCUT2D eigenvalue weighted by atomic mass is 9.99. The molecule has 34 heavy (non-hydrogen) atoms. The second-order valence-electron chi connectivity index (χ2n) is 8.44. The number of esters is 1. The van der Waals surface area contributed by atoms with Crippen LogP contribution in [-0.2, 0) is 21.2 Å². The Morgan fingerprint density at radius 1 is 1.00 bits per heavy atom. The summed E-state index contributed by atoms with van der Waals surface area (Å²) in [4.78, 5) is 38.0. The third-order valence-electron chi connectivity index (χ3n) is 6.07. The summed E-state index contributed by atoms with van der Waals surface area (Å²) >= 11 is 0. The molecule has 4 rings (SSSR count). The Kier molecular flexibility index (Phi) is 6.56. The fraction of sp³-hybridized carbons (Fsp3) is 0.391. The number of ether oxygens (including phenoxy) is 1. The Morgan fingerprint density at radius 3 is 2.35 bits per heavy atom. The molecule has 0 aromatic heterocycles. The van der Waals surface area contributed by atoms with E-state index in [1.54, 1.807) is 18.2 Å². The molecule has 2 aromatic carbocycles. The summed E-state index contributed by atoms with van der Waals surface area (Å²) in [6.07, 6.45) is 4.33. The van der Waals surface area contributed by atoms with E-state index in [9.17, 15) is 28.1 Å². The quantitative estimate of drug-likeness (QED) is 0.252. The number of benzene rings is 2. The largest absolute Gasteiger partial charge is 0.454 e. The molecule has 0 unspecified atom stereocenters. The maximum absolute atomic E-state index is 12.6. The third kappa shape index (κ3) is 4.89. The van der Waals surface area contributed by atoms with Crippen LogP contribution in [0.25, 0.3) is 0 Å². The molecule has 0 saturated carbocycles. The molecule has 1 saturated heterocycles. The van der Waals surface area contributed by atoms with Crippen molar-refractivity contribution >= 4 is 38.8 Å². The van der Waals surface area contributed by atoms with Crippen LogP contribution in [0.5, 0.6) is 0 Å². The number of hydrogen-bond acceptors (Lipinski definition) is 8. The van der Waals surface area contributed by atoms with Crippen molar-refractivity contribution in [3.05, 3.63) is 63.2 Å². The number of fused-ring (bicyclic) bond motifs is 1. The van der Waals surface area contributed by atoms with E-state index < -0.39 is 33.3 Å². The molecule has 180 valence electrons. The zero-order valence-electron chi connectivity index (χ0n) is 18.7. The van der Waals surface area contributed by atoms with E-state index in [0.717, 1.165) is 37.8 Å². The predicted molar refractivity (Wildman–Crippen MR) is 126 cm³/mol. The first-order valence-electron chi connectivity index (χ1n) is 11.0. The lowest BCUT2D eigenvalue weighted by Crippen LogP contribution is -2.34. The highest BCUT2D eigenvalue weighted by Crippen LogP contribution is 2.32. The van der Waals surface area contributed by atoms with E-state index in [2.05, 4.69) is 0 Å². The summed E-state index contributed by atoms with van der Waals surface area (Å²) < 4.78 is 30.4. The number of Topliss-reactive ketones (excluding diaryl/α,β-unsaturated/α-hetero) is 1. The van der Waals surface area contributed by atoms with Crippen LogP contribution in [0.15, 0.2) is 36.4 Å². The Hall–Kier alpha value is -3.47. The number of sulfonamides is 1. The average molecular weight is 488 g/mol. The van der Waals surface area contributed by atoms with Gasteiger partial charge in [-0.05, 0) is 61.6 Å². The van der Waals surface area contributed by atoms with Crippen molar-refractivity contribution in [3.8, 4) is 0 Å². The zero-order chi connectivity index (χ0) is 24.5. The molecular formula is C23H25N3O7S. The van der Waals surface area contributed by atoms with E-state index in [4.69, 9.17) is 4.74 Å². The van der Waals surface area contributed by atoms with Crippen molar-refractivity contribution < 1.29 is 27.7 Å². The van der Waals surface area contributed by atoms with Crippen molar-refractivity contribution in [2.45, 2.75) is 25.7 Å². The normalized spacial score (nSPS) is 15.7. The summed E-state index contributed by atoms with van der Waals surface area (Å²) in [7, 11) is -3.41. The van der Waals surface area contributed by atoms with Crippen molar-refractivity contribution in [2.75, 3.05) is 41.7 Å². The highest BCUT2D eigenvalue weighted by molar-refractivity contribution is 7.92. The number of aryl methyl sites for hydroxylation is 1. The molecule has 2 heterocycles. The Balaban J connectivity index is 1.46. The van der Waals surface area contributed by atoms with E-state index >= 15 is 0 Å². The van der Waals surface area contributed by atoms with Gasteiger partial charge >= 0.3 is 5.97 Å². The SMILES string of the molecule is CS(=O)(=O)N1CCCc2cc(C(=O)COC(=O)c3ccc(N4CCCC4)c([N+](=O)[O-])c3)ccc21. The fourth-order valence-electron chi connectivity index (χ4n) is 4.40. The van der Waals surface area contributed by atoms with Crippen LogP contribution >= 0.6 is 0 Å². The minimum Gasteiger partial charge on any atom is -0.454 e. The van der Waals surface area contributed by atoms with Gasteiger partial charge in [-0.3, -0.25) is 19.2 Å². The molecule has 0 atom stereocenters. The molecule has 10 nitrogen and oxygen atoms in total. The zero-order valence-corrected chi connectivity index (χ0v) is 19.5. The van der Waals surface area contributed by atoms with Gasteiger partial charge < -0.3 is 9.64 Å². The summed E-state index contributed by atoms with van der Waals surface area (Å²) in [5.74, 6) is -1.28. The molecule has 0 aliphatic carbocycles. The number of hydrogen-bond donors (Lipinski definition) is 0. The minimum atomic E-state index is -3.41. The second kappa shape index (κ2) is 9.41. The first kappa shape index (κ1) is 23.7. The van der Waals surface area contributed by atoms with Gasteiger partial charge in [0.05, 0.1) is 22.4 Å². The van der Waals surface area contributed by atoms with Crippen LogP contribution < -0.4 is 9.21 Å². The standard InChI is InChI=1S/C23H25N3O7S/c1-34(31,32)25-12-4-5-16-13-17(6-8-19(16)25)22(27)15-33-23(28)18-7-9-20(21(14-18)26(29)30)24-10-2-3-11-24/h6-9,13-14H,2-5,10-12,15H2,1H3. The van der Waals surface area contributed by atoms with Crippen LogP contribution in [0.3, 0.4) is 0 Å². The van der Waals surface area contributed by atoms with E-state index in [1.165, 1.54) is 22.5 Å². The van der Waals surface area contributed by atoms with Gasteiger partial charge in [-0.25, -0.2) is 13.2 Å². The summed E-state index contributed by atoms with van der Waals surface area (Å²) in [6.45, 7) is 1.30. The van der Waals surface area contributed by atoms with Gasteiger partial charge in [0.1, 0.15) is 5.69 Å². The maximum atomic E-state index is 12.6. The summed E-state index contributed by atoms with van der Waals surface area (Å²) in [5.41, 5.74) is 1.88. The van der Waals surface area contributed by atoms with E-state index in [-0.39, 0.29) is 11.3 Å². The predicted octanol–water partition coefficient (Wildman–Crippen LogP) is 2.95. The van der Waals surface area contributed by atoms with Crippen LogP contribution in [0.4, 0.5) is 17.1 Å². The number of carbonyl (C=O) groups excluding carboxylic acids is 2. The second-order valence-corrected chi connectivity index (χ2v) is 10.3. The van der Waals surface area contributed by atoms with Crippen LogP contribution in [0, 0.1) is 10.1 Å². The van der Waals surface area contributed by atoms with Gasteiger partial charge in [0, 0.05) is 31.3 Å². The molecule has 2 aliphatic heterocycles. The molecule has 2 aliphatic rings. The lowest BCUT2D eigenvalue weighted by Gasteiger charge is -2.29. The molecule has 0 N–H and O–H groups in total. The Bertz CT molecular complexity index is 1250. The van der Waals surface area contributed by atoms with E-state index in [0.29, 0.717) is 36.3 Å². The maximum Gasteiger partial charge on any atom is 0.338 e. The monoisotopic (exact) mass is 487 g/mol. The summed E-state index contributed by atoms with van der Waals surface area (Å²) in [6, 6.07) is 8.90. The molecule has 0 radical (unpaired) electrons. The van der Waals surface area contributed by atoms with Gasteiger partial charge in [0.25, 0.3) is 5.69 Å². The highest BCUT2D eigenvalue weighted by Gasteiger charge is 2.26. The van der Waals surface area contributed by atoms with E-state index in [1.807, 2.05) is 4.90 Å². The first-order chi connectivity index (χ1) is 16.1. The van der Waals surface area contributed by atoms with Gasteiger partial charge in [-0.15, -0.1) is 0 Å². The van der Waals surface area contributed by atoms with Gasteiger partial charge in [0.15, 0.2) is 12.4 Å². The lowest BCUT2D eigenvalue weighted by molar-refractivity contribution is -0.384. The smallest absolute Gasteiger partial charge is 0.338 e. The van der Waals surface area contributed by atoms with Gasteiger partial charge in [0.2, 0.25) is 10.0 Å². The van der Waals surface area contributed by atoms with Crippen LogP contribution in [0.2, 0.25) is 0 Å². The number of rotatable bonds is 7. The molecule has 2 aromatic rings. The van der Waals surface area contributed by atoms with Crippen molar-refractivity contribution in [1.29, 1.82) is 0 Å². The number of carbonyl (C=O) groups is 2. The van der Waals surface area contributed by atoms with Gasteiger partial charge in [-0.1, -0.05) is 0 Å². The number of nitro groups is 1. The highest BCUT2D eigenvalue weighted by atomic mass is 32.2. The topological polar surface area (TPSA) is 127 Å². The number of ketones is 1. The van der Waals surface area contributed by atoms with Gasteiger partial charge in [-0.2, -0.15) is 0 Å². The average Bonchev–Trinajstić information content (AvgIpc) is 3.35. The number of anilines is 2. The first-order valence-corrected chi connectivity index (χ1v) is 12.8. The van der Waals surface area contributed by atoms with Crippen LogP contribution in [0.1, 0.15) is 45.5 Å². The summed E-state index contributed by atoms with van der Waals surface area (Å²) in [5, 5.41) is 11.5. The van der Waals surface area contributed by atoms with Crippen molar-refractivity contribution in [3.63, 3.8) is 0 Å². The number of nitrogens with zero attached hydrogens (tertiary/aromatic N) is 3. The molecular weight excluding hydrogens is 462 g/mol.